The van der Waals surface area contributed by atoms with Crippen LogP contribution in [0.15, 0.2) is 82.6 Å². The molecule has 26 heavy (non-hydrogen) atoms. The first-order valence-corrected chi connectivity index (χ1v) is 10.8. The molecule has 0 radical (unpaired) electrons. The molecule has 3 heteroatoms. The molecular formula is C23H23NS2. The molecule has 4 rings (SSSR count). The Bertz CT molecular complexity index is 839. The zero-order valence-corrected chi connectivity index (χ0v) is 16.8. The van der Waals surface area contributed by atoms with E-state index in [1.54, 1.807) is 0 Å². The lowest BCUT2D eigenvalue weighted by molar-refractivity contribution is 0.402. The zero-order chi connectivity index (χ0) is 17.9. The molecule has 0 aromatic heterocycles. The number of benzene rings is 3. The van der Waals surface area contributed by atoms with Crippen molar-refractivity contribution >= 4 is 23.5 Å². The molecule has 132 valence electrons. The molecule has 0 amide bonds. The Labute approximate surface area is 164 Å². The second-order valence-electron chi connectivity index (χ2n) is 6.90. The highest BCUT2D eigenvalue weighted by Gasteiger charge is 2.24. The quantitative estimate of drug-likeness (QED) is 0.530. The first-order chi connectivity index (χ1) is 12.7. The Morgan fingerprint density at radius 3 is 2.35 bits per heavy atom. The minimum Gasteiger partial charge on any atom is -0.305 e. The molecule has 0 bridgehead atoms. The molecule has 0 N–H and O–H groups in total. The van der Waals surface area contributed by atoms with Crippen LogP contribution in [0, 0.1) is 0 Å². The van der Waals surface area contributed by atoms with Crippen molar-refractivity contribution in [3.63, 3.8) is 0 Å². The van der Waals surface area contributed by atoms with Crippen LogP contribution in [-0.4, -0.2) is 19.0 Å². The monoisotopic (exact) mass is 377 g/mol. The molecular weight excluding hydrogens is 354 g/mol. The van der Waals surface area contributed by atoms with E-state index >= 15 is 0 Å². The molecule has 1 nitrogen and oxygen atoms in total. The van der Waals surface area contributed by atoms with Gasteiger partial charge in [0.15, 0.2) is 0 Å². The second-order valence-corrected chi connectivity index (χ2v) is 9.10. The van der Waals surface area contributed by atoms with Crippen LogP contribution in [0.2, 0.25) is 0 Å². The summed E-state index contributed by atoms with van der Waals surface area (Å²) in [4.78, 5) is 4.94. The highest BCUT2D eigenvalue weighted by Crippen LogP contribution is 2.48. The van der Waals surface area contributed by atoms with E-state index in [2.05, 4.69) is 91.8 Å². The molecule has 0 spiro atoms. The van der Waals surface area contributed by atoms with Crippen LogP contribution in [0.5, 0.6) is 0 Å². The van der Waals surface area contributed by atoms with E-state index in [0.717, 1.165) is 12.3 Å². The average molecular weight is 378 g/mol. The van der Waals surface area contributed by atoms with Crippen molar-refractivity contribution in [1.82, 2.24) is 4.90 Å². The van der Waals surface area contributed by atoms with E-state index in [4.69, 9.17) is 0 Å². The maximum Gasteiger partial charge on any atom is 0.0607 e. The zero-order valence-electron chi connectivity index (χ0n) is 15.2. The summed E-state index contributed by atoms with van der Waals surface area (Å²) in [6.07, 6.45) is 0. The number of fused-ring (bicyclic) bond motifs is 2. The maximum atomic E-state index is 2.30. The molecule has 0 saturated carbocycles. The normalized spacial score (nSPS) is 16.0. The van der Waals surface area contributed by atoms with E-state index in [0.29, 0.717) is 5.25 Å². The van der Waals surface area contributed by atoms with Crippen molar-refractivity contribution in [3.05, 3.63) is 95.1 Å². The van der Waals surface area contributed by atoms with E-state index in [1.807, 2.05) is 23.5 Å². The third-order valence-corrected chi connectivity index (χ3v) is 7.02. The summed E-state index contributed by atoms with van der Waals surface area (Å²) in [6.45, 7) is 0.983. The Kier molecular flexibility index (Phi) is 5.39. The van der Waals surface area contributed by atoms with Gasteiger partial charge in [-0.25, -0.2) is 0 Å². The molecule has 1 atom stereocenters. The van der Waals surface area contributed by atoms with Crippen LogP contribution in [0.25, 0.3) is 0 Å². The molecule has 3 aromatic rings. The highest BCUT2D eigenvalue weighted by molar-refractivity contribution is 8.00. The lowest BCUT2D eigenvalue weighted by Gasteiger charge is -2.20. The summed E-state index contributed by atoms with van der Waals surface area (Å²) in [7, 11) is 4.22. The molecule has 0 saturated heterocycles. The molecule has 0 aliphatic carbocycles. The molecule has 1 aliphatic rings. The van der Waals surface area contributed by atoms with E-state index in [-0.39, 0.29) is 0 Å². The molecule has 1 aliphatic heterocycles. The smallest absolute Gasteiger partial charge is 0.0607 e. The Morgan fingerprint density at radius 2 is 1.58 bits per heavy atom. The van der Waals surface area contributed by atoms with E-state index in [9.17, 15) is 0 Å². The van der Waals surface area contributed by atoms with Gasteiger partial charge in [-0.1, -0.05) is 54.6 Å². The predicted octanol–water partition coefficient (Wildman–Crippen LogP) is 6.24. The standard InChI is InChI=1S/C23H23NS2/c1-24(2)15-17-11-13-19(14-12-17)26-23-20-8-4-3-7-18(20)16-25-22-10-6-5-9-21(22)23/h3-14,23H,15-16H2,1-2H3/t23-/m0/s1. The Hall–Kier alpha value is -1.68. The third kappa shape index (κ3) is 3.85. The van der Waals surface area contributed by atoms with Crippen LogP contribution in [0.3, 0.4) is 0 Å². The highest BCUT2D eigenvalue weighted by atomic mass is 32.2. The first-order valence-electron chi connectivity index (χ1n) is 8.90. The van der Waals surface area contributed by atoms with Gasteiger partial charge in [0.2, 0.25) is 0 Å². The summed E-state index contributed by atoms with van der Waals surface area (Å²) >= 11 is 3.92. The fourth-order valence-electron chi connectivity index (χ4n) is 3.37. The van der Waals surface area contributed by atoms with Gasteiger partial charge in [-0.3, -0.25) is 0 Å². The van der Waals surface area contributed by atoms with Gasteiger partial charge >= 0.3 is 0 Å². The van der Waals surface area contributed by atoms with Gasteiger partial charge in [0.25, 0.3) is 0 Å². The number of rotatable bonds is 4. The molecule has 0 unspecified atom stereocenters. The minimum absolute atomic E-state index is 0.345. The van der Waals surface area contributed by atoms with Crippen molar-refractivity contribution in [2.75, 3.05) is 14.1 Å². The molecule has 0 fully saturated rings. The summed E-state index contributed by atoms with van der Waals surface area (Å²) in [5.74, 6) is 1.05. The second kappa shape index (κ2) is 7.91. The van der Waals surface area contributed by atoms with Gasteiger partial charge < -0.3 is 4.90 Å². The van der Waals surface area contributed by atoms with Crippen molar-refractivity contribution in [1.29, 1.82) is 0 Å². The lowest BCUT2D eigenvalue weighted by Crippen LogP contribution is -2.10. The fourth-order valence-corrected chi connectivity index (χ4v) is 5.81. The Morgan fingerprint density at radius 1 is 0.885 bits per heavy atom. The van der Waals surface area contributed by atoms with Gasteiger partial charge in [-0.2, -0.15) is 0 Å². The predicted molar refractivity (Wildman–Crippen MR) is 114 cm³/mol. The SMILES string of the molecule is CN(C)Cc1ccc(S[C@H]2c3ccccc3CSc3ccccc32)cc1. The van der Waals surface area contributed by atoms with Crippen molar-refractivity contribution < 1.29 is 0 Å². The summed E-state index contributed by atoms with van der Waals surface area (Å²) in [6, 6.07) is 26.8. The van der Waals surface area contributed by atoms with Crippen LogP contribution < -0.4 is 0 Å². The van der Waals surface area contributed by atoms with Gasteiger partial charge in [-0.05, 0) is 54.5 Å². The van der Waals surface area contributed by atoms with Crippen LogP contribution in [0.1, 0.15) is 27.5 Å². The number of hydrogen-bond acceptors (Lipinski definition) is 3. The minimum atomic E-state index is 0.345. The largest absolute Gasteiger partial charge is 0.305 e. The van der Waals surface area contributed by atoms with Crippen molar-refractivity contribution in [3.8, 4) is 0 Å². The van der Waals surface area contributed by atoms with E-state index < -0.39 is 0 Å². The van der Waals surface area contributed by atoms with Crippen molar-refractivity contribution in [2.24, 2.45) is 0 Å². The molecule has 3 aromatic carbocycles. The third-order valence-electron chi connectivity index (χ3n) is 4.60. The van der Waals surface area contributed by atoms with Gasteiger partial charge in [0.1, 0.15) is 0 Å². The number of thioether (sulfide) groups is 2. The summed E-state index contributed by atoms with van der Waals surface area (Å²) < 4.78 is 0. The summed E-state index contributed by atoms with van der Waals surface area (Å²) in [5.41, 5.74) is 5.70. The van der Waals surface area contributed by atoms with Gasteiger partial charge in [-0.15, -0.1) is 23.5 Å². The van der Waals surface area contributed by atoms with Gasteiger partial charge in [0.05, 0.1) is 5.25 Å². The summed E-state index contributed by atoms with van der Waals surface area (Å²) in [5, 5.41) is 0.345. The van der Waals surface area contributed by atoms with Crippen molar-refractivity contribution in [2.45, 2.75) is 27.3 Å². The van der Waals surface area contributed by atoms with Crippen LogP contribution in [0.4, 0.5) is 0 Å². The van der Waals surface area contributed by atoms with Gasteiger partial charge in [0, 0.05) is 22.1 Å². The first kappa shape index (κ1) is 17.7. The van der Waals surface area contributed by atoms with E-state index in [1.165, 1.54) is 32.0 Å². The fraction of sp³-hybridized carbons (Fsp3) is 0.217. The average Bonchev–Trinajstić information content (AvgIpc) is 2.81. The number of nitrogens with zero attached hydrogens (tertiary/aromatic N) is 1. The Balaban J connectivity index is 1.69. The lowest BCUT2D eigenvalue weighted by atomic mass is 10.0. The maximum absolute atomic E-state index is 2.30. The topological polar surface area (TPSA) is 3.24 Å². The molecule has 1 heterocycles. The van der Waals surface area contributed by atoms with Crippen LogP contribution in [-0.2, 0) is 12.3 Å². The van der Waals surface area contributed by atoms with Crippen LogP contribution >= 0.6 is 23.5 Å². The number of hydrogen-bond donors (Lipinski definition) is 0.